The number of esters is 2. The maximum atomic E-state index is 14.1. The zero-order valence-electron chi connectivity index (χ0n) is 27.7. The zero-order chi connectivity index (χ0) is 31.4. The van der Waals surface area contributed by atoms with Crippen molar-refractivity contribution in [3.8, 4) is 0 Å². The second-order valence-electron chi connectivity index (χ2n) is 13.8. The van der Waals surface area contributed by atoms with E-state index < -0.39 is 18.1 Å². The number of aryl methyl sites for hydroxylation is 1. The summed E-state index contributed by atoms with van der Waals surface area (Å²) in [5.74, 6) is 0.552. The number of rotatable bonds is 18. The highest BCUT2D eigenvalue weighted by Crippen LogP contribution is 2.58. The van der Waals surface area contributed by atoms with Crippen molar-refractivity contribution in [2.75, 3.05) is 19.8 Å². The van der Waals surface area contributed by atoms with Crippen molar-refractivity contribution in [3.63, 3.8) is 0 Å². The number of hydrogen-bond donors (Lipinski definition) is 1. The lowest BCUT2D eigenvalue weighted by Gasteiger charge is -2.50. The number of unbranched alkanes of at least 4 members (excludes halogenated alkanes) is 7. The summed E-state index contributed by atoms with van der Waals surface area (Å²) in [6.45, 7) is 7.17. The fourth-order valence-corrected chi connectivity index (χ4v) is 8.21. The van der Waals surface area contributed by atoms with Crippen molar-refractivity contribution in [3.05, 3.63) is 35.9 Å². The third-order valence-electron chi connectivity index (χ3n) is 10.6. The maximum Gasteiger partial charge on any atom is 0.328 e. The second kappa shape index (κ2) is 17.3. The molecule has 1 spiro atoms. The summed E-state index contributed by atoms with van der Waals surface area (Å²) < 4.78 is 11.2. The molecule has 1 saturated heterocycles. The van der Waals surface area contributed by atoms with Crippen LogP contribution in [0.1, 0.15) is 123 Å². The minimum atomic E-state index is -0.626. The van der Waals surface area contributed by atoms with Gasteiger partial charge < -0.3 is 14.4 Å². The Hall–Kier alpha value is -2.41. The van der Waals surface area contributed by atoms with Gasteiger partial charge in [-0.25, -0.2) is 4.79 Å². The third kappa shape index (κ3) is 9.31. The van der Waals surface area contributed by atoms with E-state index in [9.17, 15) is 14.4 Å². The molecule has 3 aliphatic carbocycles. The molecule has 1 aromatic carbocycles. The van der Waals surface area contributed by atoms with E-state index in [1.807, 2.05) is 42.2 Å². The van der Waals surface area contributed by atoms with Crippen LogP contribution in [-0.4, -0.2) is 60.6 Å². The zero-order valence-corrected chi connectivity index (χ0v) is 27.7. The molecule has 1 aliphatic heterocycles. The Kier molecular flexibility index (Phi) is 13.6. The van der Waals surface area contributed by atoms with Gasteiger partial charge in [-0.2, -0.15) is 0 Å². The Morgan fingerprint density at radius 2 is 1.59 bits per heavy atom. The number of nitrogens with zero attached hydrogens (tertiary/aromatic N) is 1. The minimum absolute atomic E-state index is 0.00652. The predicted octanol–water partition coefficient (Wildman–Crippen LogP) is 7.01. The number of nitrogens with one attached hydrogen (secondary N) is 1. The number of amides is 1. The Bertz CT molecular complexity index is 1040. The fourth-order valence-electron chi connectivity index (χ4n) is 8.21. The van der Waals surface area contributed by atoms with Gasteiger partial charge in [-0.05, 0) is 81.6 Å². The molecule has 1 aromatic rings. The first kappa shape index (κ1) is 34.5. The van der Waals surface area contributed by atoms with Gasteiger partial charge in [-0.1, -0.05) is 95.0 Å². The van der Waals surface area contributed by atoms with Gasteiger partial charge in [0.15, 0.2) is 0 Å². The van der Waals surface area contributed by atoms with E-state index in [0.29, 0.717) is 44.2 Å². The van der Waals surface area contributed by atoms with Crippen LogP contribution in [0.3, 0.4) is 0 Å². The molecule has 2 bridgehead atoms. The van der Waals surface area contributed by atoms with Crippen molar-refractivity contribution >= 4 is 17.8 Å². The largest absolute Gasteiger partial charge is 0.465 e. The highest BCUT2D eigenvalue weighted by molar-refractivity contribution is 5.89. The first-order valence-electron chi connectivity index (χ1n) is 17.8. The maximum absolute atomic E-state index is 14.1. The Morgan fingerprint density at radius 1 is 0.909 bits per heavy atom. The van der Waals surface area contributed by atoms with Gasteiger partial charge in [0.05, 0.1) is 19.3 Å². The molecule has 1 N–H and O–H groups in total. The van der Waals surface area contributed by atoms with Crippen molar-refractivity contribution in [2.24, 2.45) is 17.3 Å². The minimum Gasteiger partial charge on any atom is -0.465 e. The van der Waals surface area contributed by atoms with Crippen LogP contribution in [-0.2, 0) is 30.3 Å². The standard InChI is InChI=1S/C37H58N2O5/c1-4-6-7-8-9-10-11-15-24-44-36(42)33-26-37(25-30-18-21-31(37)22-19-30)27-39(33)34(40)28(3)38-32(35(41)43-5-2)23-20-29-16-13-12-14-17-29/h12-14,16-17,28,30-33,38H,4-11,15,18-27H2,1-3H3/t28-,30?,31?,32-,33-,37?/m0/s1. The molecule has 7 nitrogen and oxygen atoms in total. The second-order valence-corrected chi connectivity index (χ2v) is 13.8. The van der Waals surface area contributed by atoms with Crippen LogP contribution in [0.15, 0.2) is 30.3 Å². The third-order valence-corrected chi connectivity index (χ3v) is 10.6. The Balaban J connectivity index is 1.38. The number of carbonyl (C=O) groups is 3. The van der Waals surface area contributed by atoms with Crippen LogP contribution in [0.2, 0.25) is 0 Å². The lowest BCUT2D eigenvalue weighted by molar-refractivity contribution is -0.154. The number of carbonyl (C=O) groups excluding carboxylic acids is 3. The predicted molar refractivity (Wildman–Crippen MR) is 174 cm³/mol. The van der Waals surface area contributed by atoms with E-state index in [0.717, 1.165) is 24.8 Å². The topological polar surface area (TPSA) is 84.9 Å². The molecule has 44 heavy (non-hydrogen) atoms. The van der Waals surface area contributed by atoms with Gasteiger partial charge in [0.2, 0.25) is 5.91 Å². The van der Waals surface area contributed by atoms with E-state index in [-0.39, 0.29) is 29.9 Å². The molecule has 246 valence electrons. The SMILES string of the molecule is CCCCCCCCCCOC(=O)[C@@H]1CC2(CC3CCC2CC3)CN1C(=O)[C@H](C)N[C@@H](CCc1ccccc1)C(=O)OCC. The lowest BCUT2D eigenvalue weighted by Crippen LogP contribution is -2.54. The molecule has 1 amide bonds. The van der Waals surface area contributed by atoms with Gasteiger partial charge in [0.25, 0.3) is 0 Å². The molecule has 4 aliphatic rings. The number of hydrogen-bond acceptors (Lipinski definition) is 6. The molecule has 5 rings (SSSR count). The van der Waals surface area contributed by atoms with Crippen LogP contribution in [0.4, 0.5) is 0 Å². The summed E-state index contributed by atoms with van der Waals surface area (Å²) in [5.41, 5.74) is 1.14. The van der Waals surface area contributed by atoms with Gasteiger partial charge in [-0.3, -0.25) is 14.9 Å². The van der Waals surface area contributed by atoms with Gasteiger partial charge >= 0.3 is 11.9 Å². The van der Waals surface area contributed by atoms with E-state index >= 15 is 0 Å². The number of fused-ring (bicyclic) bond motifs is 2. The fraction of sp³-hybridized carbons (Fsp3) is 0.757. The summed E-state index contributed by atoms with van der Waals surface area (Å²) in [6, 6.07) is 8.26. The Morgan fingerprint density at radius 3 is 2.23 bits per heavy atom. The van der Waals surface area contributed by atoms with E-state index in [1.165, 1.54) is 64.2 Å². The van der Waals surface area contributed by atoms with Crippen molar-refractivity contribution in [1.82, 2.24) is 10.2 Å². The molecule has 0 aromatic heterocycles. The molecule has 1 heterocycles. The molecular formula is C37H58N2O5. The summed E-state index contributed by atoms with van der Waals surface area (Å²) in [7, 11) is 0. The summed E-state index contributed by atoms with van der Waals surface area (Å²) in [5, 5.41) is 3.30. The van der Waals surface area contributed by atoms with Gasteiger partial charge in [0, 0.05) is 6.54 Å². The quantitative estimate of drug-likeness (QED) is 0.142. The summed E-state index contributed by atoms with van der Waals surface area (Å²) in [6.07, 6.45) is 17.5. The number of likely N-dealkylation sites (tertiary alicyclic amines) is 1. The highest BCUT2D eigenvalue weighted by Gasteiger charge is 2.57. The number of ether oxygens (including phenoxy) is 2. The number of benzene rings is 1. The van der Waals surface area contributed by atoms with Crippen LogP contribution in [0, 0.1) is 17.3 Å². The monoisotopic (exact) mass is 610 g/mol. The van der Waals surface area contributed by atoms with Crippen LogP contribution >= 0.6 is 0 Å². The molecule has 7 heteroatoms. The normalized spacial score (nSPS) is 25.6. The average molecular weight is 611 g/mol. The van der Waals surface area contributed by atoms with Gasteiger partial charge in [0.1, 0.15) is 12.1 Å². The van der Waals surface area contributed by atoms with Crippen LogP contribution in [0.25, 0.3) is 0 Å². The average Bonchev–Trinajstić information content (AvgIpc) is 3.41. The Labute approximate surface area is 266 Å². The molecule has 4 fully saturated rings. The van der Waals surface area contributed by atoms with Crippen LogP contribution < -0.4 is 5.32 Å². The van der Waals surface area contributed by atoms with Crippen LogP contribution in [0.5, 0.6) is 0 Å². The van der Waals surface area contributed by atoms with Gasteiger partial charge in [-0.15, -0.1) is 0 Å². The van der Waals surface area contributed by atoms with Crippen molar-refractivity contribution in [2.45, 2.75) is 142 Å². The highest BCUT2D eigenvalue weighted by atomic mass is 16.5. The van der Waals surface area contributed by atoms with E-state index in [1.54, 1.807) is 6.92 Å². The molecule has 0 radical (unpaired) electrons. The lowest BCUT2D eigenvalue weighted by atomic mass is 9.55. The molecule has 3 saturated carbocycles. The van der Waals surface area contributed by atoms with E-state index in [4.69, 9.17) is 9.47 Å². The first-order valence-corrected chi connectivity index (χ1v) is 17.8. The van der Waals surface area contributed by atoms with Crippen molar-refractivity contribution in [1.29, 1.82) is 0 Å². The van der Waals surface area contributed by atoms with E-state index in [2.05, 4.69) is 12.2 Å². The van der Waals surface area contributed by atoms with Crippen molar-refractivity contribution < 1.29 is 23.9 Å². The first-order chi connectivity index (χ1) is 21.4. The smallest absolute Gasteiger partial charge is 0.328 e. The molecule has 4 atom stereocenters. The summed E-state index contributed by atoms with van der Waals surface area (Å²) in [4.78, 5) is 42.4. The summed E-state index contributed by atoms with van der Waals surface area (Å²) >= 11 is 0. The molecular weight excluding hydrogens is 552 g/mol. The molecule has 1 unspecified atom stereocenters.